The predicted molar refractivity (Wildman–Crippen MR) is 59.9 cm³/mol. The largest absolute Gasteiger partial charge is 0.273 e. The van der Waals surface area contributed by atoms with Gasteiger partial charge in [-0.2, -0.15) is 5.10 Å². The number of rotatable bonds is 4. The molecule has 0 spiro atoms. The van der Waals surface area contributed by atoms with Crippen LogP contribution in [-0.4, -0.2) is 17.1 Å². The van der Waals surface area contributed by atoms with Crippen LogP contribution in [0, 0.1) is 0 Å². The molecule has 0 saturated heterocycles. The number of halogens is 1. The average Bonchev–Trinajstić information content (AvgIpc) is 2.21. The smallest absolute Gasteiger partial charge is 0.240 e. The Morgan fingerprint density at radius 3 is 3.20 bits per heavy atom. The Bertz CT molecular complexity index is 365. The van der Waals surface area contributed by atoms with Gasteiger partial charge in [0.25, 0.3) is 0 Å². The van der Waals surface area contributed by atoms with E-state index < -0.39 is 0 Å². The molecule has 0 radical (unpaired) electrons. The molecule has 15 heavy (non-hydrogen) atoms. The van der Waals surface area contributed by atoms with Crippen LogP contribution < -0.4 is 5.43 Å². The number of aromatic nitrogens is 1. The second kappa shape index (κ2) is 6.14. The van der Waals surface area contributed by atoms with Gasteiger partial charge in [0, 0.05) is 18.2 Å². The molecule has 0 aliphatic heterocycles. The van der Waals surface area contributed by atoms with Gasteiger partial charge in [0.2, 0.25) is 5.91 Å². The van der Waals surface area contributed by atoms with Crippen molar-refractivity contribution >= 4 is 23.7 Å². The van der Waals surface area contributed by atoms with Gasteiger partial charge in [-0.15, -0.1) is 0 Å². The summed E-state index contributed by atoms with van der Waals surface area (Å²) in [5.41, 5.74) is 3.08. The van der Waals surface area contributed by atoms with Crippen LogP contribution in [0.5, 0.6) is 0 Å². The molecule has 0 atom stereocenters. The molecule has 5 heteroatoms. The molecule has 0 bridgehead atoms. The molecule has 1 aromatic rings. The number of carbonyl (C=O) groups excluding carboxylic acids is 1. The second-order valence-corrected chi connectivity index (χ2v) is 3.28. The summed E-state index contributed by atoms with van der Waals surface area (Å²) < 4.78 is 0. The quantitative estimate of drug-likeness (QED) is 0.484. The van der Waals surface area contributed by atoms with Gasteiger partial charge in [-0.25, -0.2) is 10.4 Å². The normalized spacial score (nSPS) is 10.5. The van der Waals surface area contributed by atoms with Crippen molar-refractivity contribution in [2.24, 2.45) is 5.10 Å². The minimum Gasteiger partial charge on any atom is -0.273 e. The minimum atomic E-state index is -0.103. The molecule has 1 N–H and O–H groups in total. The predicted octanol–water partition coefficient (Wildman–Crippen LogP) is 1.99. The molecule has 80 valence electrons. The topological polar surface area (TPSA) is 54.4 Å². The third-order valence-corrected chi connectivity index (χ3v) is 1.97. The van der Waals surface area contributed by atoms with E-state index >= 15 is 0 Å². The van der Waals surface area contributed by atoms with Crippen LogP contribution in [0.25, 0.3) is 0 Å². The summed E-state index contributed by atoms with van der Waals surface area (Å²) in [6.07, 6.45) is 4.34. The molecular weight excluding hydrogens is 214 g/mol. The van der Waals surface area contributed by atoms with E-state index in [0.717, 1.165) is 6.42 Å². The first-order valence-corrected chi connectivity index (χ1v) is 5.04. The van der Waals surface area contributed by atoms with E-state index in [1.807, 2.05) is 6.92 Å². The number of nitrogens with one attached hydrogen (secondary N) is 1. The number of amides is 1. The summed E-state index contributed by atoms with van der Waals surface area (Å²) in [4.78, 5) is 14.9. The highest BCUT2D eigenvalue weighted by atomic mass is 35.5. The molecule has 0 aliphatic rings. The lowest BCUT2D eigenvalue weighted by molar-refractivity contribution is -0.121. The zero-order valence-corrected chi connectivity index (χ0v) is 9.16. The molecule has 0 saturated carbocycles. The first-order valence-electron chi connectivity index (χ1n) is 4.66. The van der Waals surface area contributed by atoms with Crippen LogP contribution in [0.15, 0.2) is 23.4 Å². The average molecular weight is 226 g/mol. The Labute approximate surface area is 93.4 Å². The molecule has 0 fully saturated rings. The number of hydrazone groups is 1. The molecule has 4 nitrogen and oxygen atoms in total. The lowest BCUT2D eigenvalue weighted by Crippen LogP contribution is -2.16. The zero-order valence-electron chi connectivity index (χ0n) is 8.40. The third kappa shape index (κ3) is 4.08. The lowest BCUT2D eigenvalue weighted by atomic mass is 10.3. The Morgan fingerprint density at radius 2 is 2.53 bits per heavy atom. The van der Waals surface area contributed by atoms with E-state index in [2.05, 4.69) is 15.5 Å². The minimum absolute atomic E-state index is 0.103. The van der Waals surface area contributed by atoms with Crippen molar-refractivity contribution in [3.8, 4) is 0 Å². The molecule has 0 unspecified atom stereocenters. The number of pyridine rings is 1. The van der Waals surface area contributed by atoms with Crippen molar-refractivity contribution in [2.45, 2.75) is 19.8 Å². The van der Waals surface area contributed by atoms with E-state index in [1.165, 1.54) is 6.21 Å². The van der Waals surface area contributed by atoms with E-state index in [4.69, 9.17) is 11.6 Å². The first kappa shape index (κ1) is 11.7. The van der Waals surface area contributed by atoms with Crippen LogP contribution in [0.4, 0.5) is 0 Å². The van der Waals surface area contributed by atoms with Gasteiger partial charge in [-0.05, 0) is 18.6 Å². The van der Waals surface area contributed by atoms with Crippen molar-refractivity contribution in [3.63, 3.8) is 0 Å². The number of nitrogens with zero attached hydrogens (tertiary/aromatic N) is 2. The SMILES string of the molecule is CCCC(=O)NN=Cc1cccnc1Cl. The molecule has 1 heterocycles. The van der Waals surface area contributed by atoms with Gasteiger partial charge in [-0.3, -0.25) is 4.79 Å². The van der Waals surface area contributed by atoms with E-state index in [9.17, 15) is 4.79 Å². The molecule has 1 amide bonds. The van der Waals surface area contributed by atoms with Gasteiger partial charge in [0.15, 0.2) is 0 Å². The maximum absolute atomic E-state index is 11.0. The van der Waals surface area contributed by atoms with Crippen molar-refractivity contribution in [2.75, 3.05) is 0 Å². The second-order valence-electron chi connectivity index (χ2n) is 2.93. The van der Waals surface area contributed by atoms with Crippen LogP contribution in [0.3, 0.4) is 0 Å². The molecule has 0 aromatic carbocycles. The molecule has 0 aliphatic carbocycles. The fraction of sp³-hybridized carbons (Fsp3) is 0.300. The number of carbonyl (C=O) groups is 1. The summed E-state index contributed by atoms with van der Waals surface area (Å²) >= 11 is 5.79. The molecule has 1 aromatic heterocycles. The summed E-state index contributed by atoms with van der Waals surface area (Å²) in [7, 11) is 0. The maximum atomic E-state index is 11.0. The van der Waals surface area contributed by atoms with Crippen molar-refractivity contribution in [3.05, 3.63) is 29.0 Å². The summed E-state index contributed by atoms with van der Waals surface area (Å²) in [5.74, 6) is -0.103. The van der Waals surface area contributed by atoms with Gasteiger partial charge < -0.3 is 0 Å². The fourth-order valence-electron chi connectivity index (χ4n) is 0.952. The van der Waals surface area contributed by atoms with Crippen LogP contribution in [0.2, 0.25) is 5.15 Å². The van der Waals surface area contributed by atoms with Crippen LogP contribution in [0.1, 0.15) is 25.3 Å². The first-order chi connectivity index (χ1) is 7.24. The van der Waals surface area contributed by atoms with Gasteiger partial charge in [0.1, 0.15) is 5.15 Å². The maximum Gasteiger partial charge on any atom is 0.240 e. The Balaban J connectivity index is 2.52. The fourth-order valence-corrected chi connectivity index (χ4v) is 1.12. The highest BCUT2D eigenvalue weighted by Crippen LogP contribution is 2.07. The highest BCUT2D eigenvalue weighted by molar-refractivity contribution is 6.31. The third-order valence-electron chi connectivity index (χ3n) is 1.66. The lowest BCUT2D eigenvalue weighted by Gasteiger charge is -1.97. The summed E-state index contributed by atoms with van der Waals surface area (Å²) in [6, 6.07) is 3.52. The highest BCUT2D eigenvalue weighted by Gasteiger charge is 1.97. The van der Waals surface area contributed by atoms with Crippen LogP contribution in [-0.2, 0) is 4.79 Å². The Kier molecular flexibility index (Phi) is 4.77. The molecule has 1 rings (SSSR count). The van der Waals surface area contributed by atoms with E-state index in [-0.39, 0.29) is 5.91 Å². The van der Waals surface area contributed by atoms with E-state index in [0.29, 0.717) is 17.1 Å². The number of hydrogen-bond acceptors (Lipinski definition) is 3. The molecular formula is C10H12ClN3O. The Morgan fingerprint density at radius 1 is 1.73 bits per heavy atom. The van der Waals surface area contributed by atoms with Crippen molar-refractivity contribution < 1.29 is 4.79 Å². The van der Waals surface area contributed by atoms with Crippen LogP contribution >= 0.6 is 11.6 Å². The van der Waals surface area contributed by atoms with Crippen molar-refractivity contribution in [1.82, 2.24) is 10.4 Å². The van der Waals surface area contributed by atoms with E-state index in [1.54, 1.807) is 18.3 Å². The summed E-state index contributed by atoms with van der Waals surface area (Å²) in [6.45, 7) is 1.93. The van der Waals surface area contributed by atoms with Gasteiger partial charge in [0.05, 0.1) is 6.21 Å². The summed E-state index contributed by atoms with van der Waals surface area (Å²) in [5, 5.41) is 4.14. The van der Waals surface area contributed by atoms with Gasteiger partial charge >= 0.3 is 0 Å². The van der Waals surface area contributed by atoms with Crippen molar-refractivity contribution in [1.29, 1.82) is 0 Å². The Hall–Kier alpha value is -1.42. The standard InChI is InChI=1S/C10H12ClN3O/c1-2-4-9(15)14-13-7-8-5-3-6-12-10(8)11/h3,5-7H,2,4H2,1H3,(H,14,15). The monoisotopic (exact) mass is 225 g/mol. The number of hydrogen-bond donors (Lipinski definition) is 1. The zero-order chi connectivity index (χ0) is 11.1. The van der Waals surface area contributed by atoms with Gasteiger partial charge in [-0.1, -0.05) is 18.5 Å².